The molecule has 0 amide bonds. The van der Waals surface area contributed by atoms with Gasteiger partial charge >= 0.3 is 5.97 Å². The molecule has 1 aromatic carbocycles. The van der Waals surface area contributed by atoms with E-state index in [1.54, 1.807) is 0 Å². The lowest BCUT2D eigenvalue weighted by Gasteiger charge is -2.43. The van der Waals surface area contributed by atoms with Crippen molar-refractivity contribution in [3.05, 3.63) is 47.5 Å². The molecule has 1 aliphatic carbocycles. The summed E-state index contributed by atoms with van der Waals surface area (Å²) >= 11 is 8.29. The molecule has 1 aromatic rings. The van der Waals surface area contributed by atoms with E-state index < -0.39 is 5.97 Å². The number of fused-ring (bicyclic) bond motifs is 2. The number of benzene rings is 1. The van der Waals surface area contributed by atoms with Crippen LogP contribution in [-0.4, -0.2) is 83.8 Å². The number of para-hydroxylation sites is 1. The van der Waals surface area contributed by atoms with Gasteiger partial charge in [0.05, 0.1) is 23.4 Å². The van der Waals surface area contributed by atoms with Gasteiger partial charge in [-0.2, -0.15) is 0 Å². The second-order valence-corrected chi connectivity index (χ2v) is 10.9. The number of carboxylic acid groups (broad SMARTS) is 1. The van der Waals surface area contributed by atoms with Gasteiger partial charge in [-0.15, -0.1) is 11.8 Å². The third kappa shape index (κ3) is 6.87. The maximum atomic E-state index is 11.8. The summed E-state index contributed by atoms with van der Waals surface area (Å²) in [7, 11) is 0. The van der Waals surface area contributed by atoms with Gasteiger partial charge in [-0.25, -0.2) is 0 Å². The summed E-state index contributed by atoms with van der Waals surface area (Å²) in [6.45, 7) is 7.17. The van der Waals surface area contributed by atoms with Gasteiger partial charge in [0, 0.05) is 55.5 Å². The highest BCUT2D eigenvalue weighted by Crippen LogP contribution is 2.44. The minimum absolute atomic E-state index is 0.0548. The summed E-state index contributed by atoms with van der Waals surface area (Å²) in [5, 5.41) is 9.90. The normalized spacial score (nSPS) is 22.7. The summed E-state index contributed by atoms with van der Waals surface area (Å²) in [6, 6.07) is 8.98. The van der Waals surface area contributed by atoms with Crippen LogP contribution < -0.4 is 4.90 Å². The zero-order chi connectivity index (χ0) is 23.9. The number of carbonyl (C=O) groups is 2. The van der Waals surface area contributed by atoms with Crippen molar-refractivity contribution < 1.29 is 14.7 Å². The third-order valence-electron chi connectivity index (χ3n) is 6.80. The highest BCUT2D eigenvalue weighted by molar-refractivity contribution is 8.00. The van der Waals surface area contributed by atoms with Gasteiger partial charge in [0.15, 0.2) is 0 Å². The fourth-order valence-corrected chi connectivity index (χ4v) is 6.41. The standard InChI is InChI=1S/C26H34ClN3O3S/c27-20-8-10-25-23(19-20)30(22-6-1-2-7-24(22)34-25)14-4-13-29-17-15-28(16-18-29)12-3-5-21(31)9-11-26(32)33/h1-2,6-8,10,19,23,25H,3-5,9,11-18H2,(H,32,33). The Bertz CT molecular complexity index is 930. The lowest BCUT2D eigenvalue weighted by Crippen LogP contribution is -2.48. The van der Waals surface area contributed by atoms with Crippen LogP contribution in [0.15, 0.2) is 52.4 Å². The molecule has 0 bridgehead atoms. The van der Waals surface area contributed by atoms with Gasteiger partial charge in [-0.3, -0.25) is 9.59 Å². The number of halogens is 1. The summed E-state index contributed by atoms with van der Waals surface area (Å²) in [4.78, 5) is 31.2. The number of rotatable bonds is 11. The molecular formula is C26H34ClN3O3S. The molecule has 2 atom stereocenters. The quantitative estimate of drug-likeness (QED) is 0.484. The van der Waals surface area contributed by atoms with E-state index in [1.165, 1.54) is 10.6 Å². The number of piperazine rings is 1. The average Bonchev–Trinajstić information content (AvgIpc) is 2.83. The van der Waals surface area contributed by atoms with Crippen molar-refractivity contribution in [2.45, 2.75) is 48.3 Å². The van der Waals surface area contributed by atoms with E-state index in [1.807, 2.05) is 17.8 Å². The summed E-state index contributed by atoms with van der Waals surface area (Å²) in [5.74, 6) is -0.839. The molecule has 4 rings (SSSR count). The summed E-state index contributed by atoms with van der Waals surface area (Å²) in [6.07, 6.45) is 8.96. The Morgan fingerprint density at radius 1 is 0.971 bits per heavy atom. The van der Waals surface area contributed by atoms with Gasteiger partial charge in [0.1, 0.15) is 5.78 Å². The van der Waals surface area contributed by atoms with Crippen molar-refractivity contribution in [2.24, 2.45) is 0 Å². The number of ketones is 1. The molecule has 2 aliphatic heterocycles. The van der Waals surface area contributed by atoms with Crippen LogP contribution in [0.2, 0.25) is 0 Å². The molecule has 184 valence electrons. The Morgan fingerprint density at radius 2 is 1.68 bits per heavy atom. The molecule has 0 spiro atoms. The Hall–Kier alpha value is -1.80. The second kappa shape index (κ2) is 12.2. The van der Waals surface area contributed by atoms with Crippen LogP contribution >= 0.6 is 23.4 Å². The lowest BCUT2D eigenvalue weighted by atomic mass is 10.0. The van der Waals surface area contributed by atoms with Crippen molar-refractivity contribution in [2.75, 3.05) is 50.7 Å². The largest absolute Gasteiger partial charge is 0.481 e. The number of carboxylic acids is 1. The van der Waals surface area contributed by atoms with Crippen LogP contribution in [0.4, 0.5) is 5.69 Å². The lowest BCUT2D eigenvalue weighted by molar-refractivity contribution is -0.138. The molecule has 3 aliphatic rings. The number of nitrogens with zero attached hydrogens (tertiary/aromatic N) is 3. The Balaban J connectivity index is 1.19. The van der Waals surface area contributed by atoms with Crippen LogP contribution in [0.25, 0.3) is 0 Å². The van der Waals surface area contributed by atoms with Crippen molar-refractivity contribution in [3.8, 4) is 0 Å². The minimum atomic E-state index is -0.900. The fourth-order valence-electron chi connectivity index (χ4n) is 4.93. The van der Waals surface area contributed by atoms with Gasteiger partial charge in [-0.05, 0) is 50.2 Å². The van der Waals surface area contributed by atoms with E-state index in [4.69, 9.17) is 16.7 Å². The van der Waals surface area contributed by atoms with Crippen molar-refractivity contribution in [3.63, 3.8) is 0 Å². The predicted octanol–water partition coefficient (Wildman–Crippen LogP) is 4.25. The Labute approximate surface area is 211 Å². The third-order valence-corrected chi connectivity index (χ3v) is 8.35. The number of thioether (sulfide) groups is 1. The number of aliphatic carboxylic acids is 1. The molecule has 6 nitrogen and oxygen atoms in total. The molecule has 2 heterocycles. The molecule has 2 unspecified atom stereocenters. The average molecular weight is 504 g/mol. The Kier molecular flexibility index (Phi) is 9.11. The van der Waals surface area contributed by atoms with E-state index in [9.17, 15) is 9.59 Å². The van der Waals surface area contributed by atoms with Crippen molar-refractivity contribution >= 4 is 40.8 Å². The molecule has 0 aromatic heterocycles. The molecule has 0 saturated carbocycles. The number of hydrogen-bond acceptors (Lipinski definition) is 6. The van der Waals surface area contributed by atoms with Crippen molar-refractivity contribution in [1.82, 2.24) is 9.80 Å². The molecule has 1 N–H and O–H groups in total. The van der Waals surface area contributed by atoms with Crippen LogP contribution in [0, 0.1) is 0 Å². The molecule has 0 radical (unpaired) electrons. The van der Waals surface area contributed by atoms with Crippen LogP contribution in [0.3, 0.4) is 0 Å². The van der Waals surface area contributed by atoms with Crippen LogP contribution in [-0.2, 0) is 9.59 Å². The minimum Gasteiger partial charge on any atom is -0.481 e. The van der Waals surface area contributed by atoms with E-state index in [-0.39, 0.29) is 18.6 Å². The number of carbonyl (C=O) groups excluding carboxylic acids is 1. The highest BCUT2D eigenvalue weighted by Gasteiger charge is 2.33. The van der Waals surface area contributed by atoms with Crippen LogP contribution in [0.1, 0.15) is 32.1 Å². The second-order valence-electron chi connectivity index (χ2n) is 9.22. The maximum Gasteiger partial charge on any atom is 0.303 e. The smallest absolute Gasteiger partial charge is 0.303 e. The number of hydrogen-bond donors (Lipinski definition) is 1. The van der Waals surface area contributed by atoms with Gasteiger partial charge in [0.25, 0.3) is 0 Å². The molecule has 1 saturated heterocycles. The number of allylic oxidation sites excluding steroid dienone is 2. The van der Waals surface area contributed by atoms with E-state index in [0.717, 1.165) is 63.7 Å². The zero-order valence-electron chi connectivity index (χ0n) is 19.6. The first kappa shape index (κ1) is 25.3. The topological polar surface area (TPSA) is 64.1 Å². The summed E-state index contributed by atoms with van der Waals surface area (Å²) in [5.41, 5.74) is 1.31. The van der Waals surface area contributed by atoms with E-state index in [2.05, 4.69) is 51.1 Å². The first-order chi connectivity index (χ1) is 16.5. The first-order valence-corrected chi connectivity index (χ1v) is 13.5. The number of Topliss-reactive ketones (excluding diaryl/α,β-unsaturated/α-hetero) is 1. The first-order valence-electron chi connectivity index (χ1n) is 12.3. The van der Waals surface area contributed by atoms with Crippen molar-refractivity contribution in [1.29, 1.82) is 0 Å². The highest BCUT2D eigenvalue weighted by atomic mass is 35.5. The Morgan fingerprint density at radius 3 is 2.41 bits per heavy atom. The van der Waals surface area contributed by atoms with Gasteiger partial charge in [-0.1, -0.05) is 29.8 Å². The van der Waals surface area contributed by atoms with E-state index in [0.29, 0.717) is 17.7 Å². The molecule has 34 heavy (non-hydrogen) atoms. The monoisotopic (exact) mass is 503 g/mol. The van der Waals surface area contributed by atoms with E-state index >= 15 is 0 Å². The molecular weight excluding hydrogens is 470 g/mol. The predicted molar refractivity (Wildman–Crippen MR) is 139 cm³/mol. The summed E-state index contributed by atoms with van der Waals surface area (Å²) < 4.78 is 0. The zero-order valence-corrected chi connectivity index (χ0v) is 21.1. The maximum absolute atomic E-state index is 11.8. The number of anilines is 1. The molecule has 1 fully saturated rings. The van der Waals surface area contributed by atoms with Gasteiger partial charge < -0.3 is 19.8 Å². The van der Waals surface area contributed by atoms with Crippen LogP contribution in [0.5, 0.6) is 0 Å². The fraction of sp³-hybridized carbons (Fsp3) is 0.538. The van der Waals surface area contributed by atoms with Gasteiger partial charge in [0.2, 0.25) is 0 Å². The SMILES string of the molecule is O=C(O)CCC(=O)CCCN1CCN(CCCN2c3ccccc3SC3C=CC(Cl)=CC32)CC1. The molecule has 8 heteroatoms.